The number of amides is 1. The van der Waals surface area contributed by atoms with Gasteiger partial charge in [0, 0.05) is 19.6 Å². The van der Waals surface area contributed by atoms with Crippen molar-refractivity contribution >= 4 is 17.8 Å². The van der Waals surface area contributed by atoms with E-state index in [1.54, 1.807) is 21.3 Å². The van der Waals surface area contributed by atoms with Crippen molar-refractivity contribution in [1.29, 1.82) is 0 Å². The summed E-state index contributed by atoms with van der Waals surface area (Å²) in [5, 5.41) is 7.12. The second-order valence-corrected chi connectivity index (χ2v) is 9.84. The Kier molecular flexibility index (Phi) is 7.17. The number of aliphatic imine (C=N–C) groups is 1. The third-order valence-electron chi connectivity index (χ3n) is 7.90. The Morgan fingerprint density at radius 1 is 1.13 bits per heavy atom. The summed E-state index contributed by atoms with van der Waals surface area (Å²) in [4.78, 5) is 29.1. The zero-order chi connectivity index (χ0) is 27.9. The third kappa shape index (κ3) is 4.48. The van der Waals surface area contributed by atoms with Crippen LogP contribution < -0.4 is 10.5 Å². The van der Waals surface area contributed by atoms with E-state index >= 15 is 0 Å². The van der Waals surface area contributed by atoms with Crippen molar-refractivity contribution in [3.05, 3.63) is 53.6 Å². The molecule has 8 nitrogen and oxygen atoms in total. The van der Waals surface area contributed by atoms with Crippen molar-refractivity contribution in [3.8, 4) is 16.9 Å². The van der Waals surface area contributed by atoms with E-state index in [0.717, 1.165) is 54.5 Å². The van der Waals surface area contributed by atoms with E-state index in [0.29, 0.717) is 5.96 Å². The van der Waals surface area contributed by atoms with Crippen LogP contribution in [-0.2, 0) is 26.3 Å². The summed E-state index contributed by atoms with van der Waals surface area (Å²) in [6.45, 7) is 0. The molecule has 3 N–H and O–H groups in total. The van der Waals surface area contributed by atoms with Gasteiger partial charge in [0.15, 0.2) is 11.5 Å². The Hall–Kier alpha value is -3.60. The number of halogens is 3. The number of benzene rings is 2. The van der Waals surface area contributed by atoms with Crippen LogP contribution in [-0.4, -0.2) is 61.4 Å². The molecule has 1 saturated carbocycles. The third-order valence-corrected chi connectivity index (χ3v) is 7.90. The van der Waals surface area contributed by atoms with Crippen molar-refractivity contribution in [2.75, 3.05) is 21.3 Å². The minimum Gasteiger partial charge on any atom is -0.497 e. The number of nitrogens with two attached hydrogens (primary N) is 1. The lowest BCUT2D eigenvalue weighted by Crippen LogP contribution is -2.51. The number of alkyl halides is 3. The molecule has 0 aromatic heterocycles. The van der Waals surface area contributed by atoms with Gasteiger partial charge in [0.25, 0.3) is 5.91 Å². The molecule has 38 heavy (non-hydrogen) atoms. The van der Waals surface area contributed by atoms with Crippen LogP contribution in [0.5, 0.6) is 5.75 Å². The zero-order valence-electron chi connectivity index (χ0n) is 21.3. The van der Waals surface area contributed by atoms with Crippen molar-refractivity contribution in [3.63, 3.8) is 0 Å². The van der Waals surface area contributed by atoms with Gasteiger partial charge in [-0.3, -0.25) is 9.69 Å². The van der Waals surface area contributed by atoms with Crippen LogP contribution in [0, 0.1) is 5.41 Å². The topological polar surface area (TPSA) is 114 Å². The van der Waals surface area contributed by atoms with Gasteiger partial charge in [-0.05, 0) is 72.6 Å². The second kappa shape index (κ2) is 9.94. The summed E-state index contributed by atoms with van der Waals surface area (Å²) in [5.74, 6) is -1.66. The normalized spacial score (nSPS) is 26.2. The van der Waals surface area contributed by atoms with Crippen LogP contribution in [0.1, 0.15) is 36.8 Å². The molecule has 1 atom stereocenters. The van der Waals surface area contributed by atoms with E-state index in [1.807, 2.05) is 18.2 Å². The fourth-order valence-corrected chi connectivity index (χ4v) is 5.91. The fraction of sp³-hybridized carbons (Fsp3) is 0.444. The summed E-state index contributed by atoms with van der Waals surface area (Å²) in [5.41, 5.74) is 9.32. The largest absolute Gasteiger partial charge is 0.497 e. The van der Waals surface area contributed by atoms with E-state index in [1.165, 1.54) is 10.5 Å². The quantitative estimate of drug-likeness (QED) is 0.614. The predicted molar refractivity (Wildman–Crippen MR) is 134 cm³/mol. The molecule has 204 valence electrons. The van der Waals surface area contributed by atoms with Crippen LogP contribution in [0.15, 0.2) is 47.5 Å². The Morgan fingerprint density at radius 2 is 1.76 bits per heavy atom. The smallest absolute Gasteiger partial charge is 0.490 e. The lowest BCUT2D eigenvalue weighted by atomic mass is 9.61. The number of aliphatic carboxylic acids is 1. The maximum atomic E-state index is 13.8. The first kappa shape index (κ1) is 27.4. The number of likely N-dealkylation sites (N-methyl/N-ethyl adjacent to an activating group) is 1. The number of nitrogens with zero attached hydrogens (tertiary/aromatic N) is 2. The highest BCUT2D eigenvalue weighted by Crippen LogP contribution is 2.62. The number of methoxy groups -OCH3 is 2. The maximum absolute atomic E-state index is 13.8. The number of carboxylic acids is 1. The van der Waals surface area contributed by atoms with Crippen LogP contribution in [0.25, 0.3) is 11.1 Å². The second-order valence-electron chi connectivity index (χ2n) is 9.84. The number of carboxylic acid groups (broad SMARTS) is 1. The van der Waals surface area contributed by atoms with Gasteiger partial charge in [-0.25, -0.2) is 9.79 Å². The fourth-order valence-electron chi connectivity index (χ4n) is 5.91. The molecule has 2 aromatic rings. The molecular formula is C27H30F3N3O5. The number of carbonyl (C=O) groups excluding carboxylic acids is 1. The highest BCUT2D eigenvalue weighted by atomic mass is 19.4. The van der Waals surface area contributed by atoms with Gasteiger partial charge in [0.2, 0.25) is 0 Å². The molecule has 2 aliphatic carbocycles. The maximum Gasteiger partial charge on any atom is 0.490 e. The average molecular weight is 534 g/mol. The van der Waals surface area contributed by atoms with Crippen LogP contribution in [0.3, 0.4) is 0 Å². The molecule has 2 spiro atoms. The number of guanidine groups is 1. The number of fused-ring (bicyclic) bond motifs is 3. The highest BCUT2D eigenvalue weighted by Gasteiger charge is 2.66. The van der Waals surface area contributed by atoms with E-state index < -0.39 is 17.7 Å². The standard InChI is InChI=1S/C25H29N3O3.C2HF3O2/c1-28-22(29)25(27-23(28)26)21-14-17(16-5-4-6-20(13-16)31-3)7-8-18(21)15-24(25)11-9-19(30-2)10-12-24;3-2(4,5)1(6)7/h4-8,13-14,19H,9-12,15H2,1-3H3,(H2,26,27);(H,6,7). The van der Waals surface area contributed by atoms with Crippen molar-refractivity contribution in [2.24, 2.45) is 16.1 Å². The Balaban J connectivity index is 0.000000426. The van der Waals surface area contributed by atoms with E-state index in [4.69, 9.17) is 30.1 Å². The molecule has 0 bridgehead atoms. The van der Waals surface area contributed by atoms with Crippen LogP contribution in [0.4, 0.5) is 13.2 Å². The summed E-state index contributed by atoms with van der Waals surface area (Å²) >= 11 is 0. The van der Waals surface area contributed by atoms with Gasteiger partial charge >= 0.3 is 12.1 Å². The average Bonchev–Trinajstić information content (AvgIpc) is 3.29. The molecule has 1 unspecified atom stereocenters. The zero-order valence-corrected chi connectivity index (χ0v) is 21.3. The summed E-state index contributed by atoms with van der Waals surface area (Å²) in [6.07, 6.45) is -0.346. The van der Waals surface area contributed by atoms with E-state index in [-0.39, 0.29) is 17.4 Å². The summed E-state index contributed by atoms with van der Waals surface area (Å²) in [6, 6.07) is 14.4. The van der Waals surface area contributed by atoms with Crippen LogP contribution >= 0.6 is 0 Å². The molecule has 1 heterocycles. The molecule has 2 aromatic carbocycles. The molecule has 1 amide bonds. The summed E-state index contributed by atoms with van der Waals surface area (Å²) in [7, 11) is 5.17. The number of rotatable bonds is 3. The van der Waals surface area contributed by atoms with Gasteiger partial charge in [-0.15, -0.1) is 0 Å². The minimum atomic E-state index is -5.08. The molecule has 5 rings (SSSR count). The van der Waals surface area contributed by atoms with Gasteiger partial charge in [-0.2, -0.15) is 13.2 Å². The Labute approximate surface area is 218 Å². The Morgan fingerprint density at radius 3 is 2.29 bits per heavy atom. The lowest BCUT2D eigenvalue weighted by Gasteiger charge is -2.45. The van der Waals surface area contributed by atoms with Crippen molar-refractivity contribution < 1.29 is 37.3 Å². The first-order valence-corrected chi connectivity index (χ1v) is 12.1. The monoisotopic (exact) mass is 533 g/mol. The first-order chi connectivity index (χ1) is 17.9. The number of hydrogen-bond donors (Lipinski definition) is 2. The molecule has 3 aliphatic rings. The summed E-state index contributed by atoms with van der Waals surface area (Å²) < 4.78 is 42.8. The number of carbonyl (C=O) groups is 2. The van der Waals surface area contributed by atoms with Gasteiger partial charge in [-0.1, -0.05) is 24.3 Å². The minimum absolute atomic E-state index is 0.0117. The van der Waals surface area contributed by atoms with Crippen molar-refractivity contribution in [2.45, 2.75) is 49.9 Å². The van der Waals surface area contributed by atoms with Crippen LogP contribution in [0.2, 0.25) is 0 Å². The molecule has 1 fully saturated rings. The molecule has 0 radical (unpaired) electrons. The van der Waals surface area contributed by atoms with E-state index in [2.05, 4.69) is 24.3 Å². The lowest BCUT2D eigenvalue weighted by molar-refractivity contribution is -0.192. The molecule has 11 heteroatoms. The Bertz CT molecular complexity index is 1270. The molecule has 1 aliphatic heterocycles. The highest BCUT2D eigenvalue weighted by molar-refractivity contribution is 6.08. The van der Waals surface area contributed by atoms with Gasteiger partial charge in [0.1, 0.15) is 5.75 Å². The predicted octanol–water partition coefficient (Wildman–Crippen LogP) is 4.11. The van der Waals surface area contributed by atoms with Gasteiger partial charge < -0.3 is 20.3 Å². The number of hydrogen-bond acceptors (Lipinski definition) is 6. The molecular weight excluding hydrogens is 503 g/mol. The van der Waals surface area contributed by atoms with Crippen molar-refractivity contribution in [1.82, 2.24) is 4.90 Å². The SMILES string of the molecule is COc1cccc(-c2ccc3c(c2)C2(N=C(N)N(C)C2=O)C2(CCC(OC)CC2)C3)c1.O=C(O)C(F)(F)F. The molecule has 0 saturated heterocycles. The van der Waals surface area contributed by atoms with E-state index in [9.17, 15) is 18.0 Å². The first-order valence-electron chi connectivity index (χ1n) is 12.1. The van der Waals surface area contributed by atoms with Gasteiger partial charge in [0.05, 0.1) is 13.2 Å². The number of ether oxygens (including phenoxy) is 2.